The normalized spacial score (nSPS) is 21.5. The lowest BCUT2D eigenvalue weighted by Crippen LogP contribution is -2.39. The Labute approximate surface area is 452 Å². The van der Waals surface area contributed by atoms with E-state index in [1.807, 2.05) is 72.9 Å². The SMILES string of the molecule is Cc1c(-c2ccc(N3CCc4cccc(C(=O)Nc5nc6ccccc6s5)c4C3)nc2C(=O)NCCCCCCCCCC(=O)Nc2cccc3c(C4CCC(=O)NC4=O)nn(C)c23)cnn1CC12CC3CC(CC1C3)C2. The first-order chi connectivity index (χ1) is 37.5. The van der Waals surface area contributed by atoms with Crippen LogP contribution in [0.4, 0.5) is 16.6 Å². The number of piperidine rings is 1. The Morgan fingerprint density at radius 3 is 2.43 bits per heavy atom. The molecule has 2 aliphatic heterocycles. The first-order valence-electron chi connectivity index (χ1n) is 27.9. The topological polar surface area (TPSA) is 198 Å². The summed E-state index contributed by atoms with van der Waals surface area (Å²) >= 11 is 1.46. The van der Waals surface area contributed by atoms with Crippen molar-refractivity contribution in [3.05, 3.63) is 113 Å². The van der Waals surface area contributed by atoms with E-state index >= 15 is 0 Å². The van der Waals surface area contributed by atoms with Crippen molar-refractivity contribution in [3.63, 3.8) is 0 Å². The first-order valence-corrected chi connectivity index (χ1v) is 28.7. The van der Waals surface area contributed by atoms with Gasteiger partial charge in [0.25, 0.3) is 11.8 Å². The molecule has 1 saturated heterocycles. The predicted octanol–water partition coefficient (Wildman–Crippen LogP) is 10.4. The molecule has 17 heteroatoms. The summed E-state index contributed by atoms with van der Waals surface area (Å²) in [7, 11) is 1.80. The second-order valence-corrected chi connectivity index (χ2v) is 23.6. The summed E-state index contributed by atoms with van der Waals surface area (Å²) in [5, 5.41) is 22.8. The first kappa shape index (κ1) is 50.5. The van der Waals surface area contributed by atoms with Crippen LogP contribution in [0.1, 0.15) is 146 Å². The zero-order valence-electron chi connectivity index (χ0n) is 44.0. The maximum absolute atomic E-state index is 14.4. The predicted molar refractivity (Wildman–Crippen MR) is 299 cm³/mol. The fraction of sp³-hybridized carbons (Fsp3) is 0.450. The number of thiazole rings is 1. The van der Waals surface area contributed by atoms with Crippen molar-refractivity contribution >= 4 is 78.6 Å². The number of nitrogens with zero attached hydrogens (tertiary/aromatic N) is 7. The number of imide groups is 1. The molecule has 3 atom stereocenters. The second-order valence-electron chi connectivity index (χ2n) is 22.6. The van der Waals surface area contributed by atoms with Gasteiger partial charge in [-0.3, -0.25) is 44.0 Å². The van der Waals surface area contributed by atoms with Crippen LogP contribution in [0.15, 0.2) is 79.0 Å². The molecule has 5 fully saturated rings. The molecule has 13 rings (SSSR count). The van der Waals surface area contributed by atoms with Crippen molar-refractivity contribution in [1.82, 2.24) is 40.2 Å². The van der Waals surface area contributed by atoms with Crippen molar-refractivity contribution < 1.29 is 24.0 Å². The third kappa shape index (κ3) is 10.1. The van der Waals surface area contributed by atoms with E-state index in [1.165, 1.54) is 43.4 Å². The van der Waals surface area contributed by atoms with Crippen LogP contribution >= 0.6 is 11.3 Å². The average molecular weight is 1050 g/mol. The zero-order chi connectivity index (χ0) is 52.8. The van der Waals surface area contributed by atoms with Crippen LogP contribution in [0.25, 0.3) is 32.2 Å². The molecule has 4 aliphatic carbocycles. The lowest BCUT2D eigenvalue weighted by molar-refractivity contribution is -0.134. The van der Waals surface area contributed by atoms with Crippen LogP contribution in [-0.4, -0.2) is 72.2 Å². The van der Waals surface area contributed by atoms with Gasteiger partial charge in [0.1, 0.15) is 11.5 Å². The molecule has 3 unspecified atom stereocenters. The molecule has 6 heterocycles. The summed E-state index contributed by atoms with van der Waals surface area (Å²) in [6.07, 6.45) is 17.1. The van der Waals surface area contributed by atoms with Crippen LogP contribution in [0.5, 0.6) is 0 Å². The van der Waals surface area contributed by atoms with E-state index in [1.54, 1.807) is 11.7 Å². The second kappa shape index (κ2) is 21.3. The number of anilines is 3. The number of hydrogen-bond acceptors (Lipinski definition) is 11. The summed E-state index contributed by atoms with van der Waals surface area (Å²) < 4.78 is 4.92. The van der Waals surface area contributed by atoms with Gasteiger partial charge in [-0.05, 0) is 135 Å². The number of hydrogen-bond donors (Lipinski definition) is 4. The summed E-state index contributed by atoms with van der Waals surface area (Å²) in [4.78, 5) is 77.8. The Morgan fingerprint density at radius 2 is 1.61 bits per heavy atom. The number of para-hydroxylation sites is 2. The summed E-state index contributed by atoms with van der Waals surface area (Å²) in [5.74, 6) is 1.62. The Kier molecular flexibility index (Phi) is 14.0. The highest BCUT2D eigenvalue weighted by Crippen LogP contribution is 2.66. The number of fused-ring (bicyclic) bond motifs is 3. The van der Waals surface area contributed by atoms with Gasteiger partial charge in [0, 0.05) is 73.8 Å². The molecule has 6 aliphatic rings. The van der Waals surface area contributed by atoms with Gasteiger partial charge in [-0.15, -0.1) is 0 Å². The van der Waals surface area contributed by atoms with Crippen LogP contribution in [-0.2, 0) is 40.9 Å². The third-order valence-electron chi connectivity index (χ3n) is 17.6. The number of carbonyl (C=O) groups is 5. The van der Waals surface area contributed by atoms with E-state index in [2.05, 4.69) is 53.9 Å². The standard InChI is InChI=1S/C60H67N11O5S/c1-36-45(33-62-71(36)35-60-31-37-28-38(32-60)30-40(60)29-37)41-21-23-50(70-27-25-39-14-12-15-42(46(39)34-70)56(74)67-59-64-47-17-9-10-19-49(47)77-59)65-54(41)58(76)61-26-11-7-5-3-4-6-8-20-51(72)63-48-18-13-16-43-53(68-69(2)55(43)48)44-22-24-52(73)66-57(44)75/h9-10,12-19,21,23,33,37-38,40,44H,3-8,11,20,22,24-32,34-35H2,1-2H3,(H,61,76)(H,63,72)(H,64,67,74)(H,66,73,75). The smallest absolute Gasteiger partial charge is 0.270 e. The van der Waals surface area contributed by atoms with Gasteiger partial charge in [-0.1, -0.05) is 79.8 Å². The zero-order valence-corrected chi connectivity index (χ0v) is 44.9. The van der Waals surface area contributed by atoms with Crippen LogP contribution in [0.2, 0.25) is 0 Å². The van der Waals surface area contributed by atoms with Crippen molar-refractivity contribution in [3.8, 4) is 11.1 Å². The lowest BCUT2D eigenvalue weighted by atomic mass is 9.75. The number of aromatic nitrogens is 6. The number of carbonyl (C=O) groups excluding carboxylic acids is 5. The van der Waals surface area contributed by atoms with Gasteiger partial charge < -0.3 is 15.5 Å². The van der Waals surface area contributed by atoms with E-state index in [-0.39, 0.29) is 36.0 Å². The molecule has 0 radical (unpaired) electrons. The number of benzene rings is 3. The van der Waals surface area contributed by atoms with Crippen molar-refractivity contribution in [2.75, 3.05) is 28.6 Å². The third-order valence-corrected chi connectivity index (χ3v) is 18.5. The Bertz CT molecular complexity index is 3400. The van der Waals surface area contributed by atoms with Crippen molar-refractivity contribution in [2.45, 2.75) is 129 Å². The highest BCUT2D eigenvalue weighted by molar-refractivity contribution is 7.22. The summed E-state index contributed by atoms with van der Waals surface area (Å²) in [6.45, 7) is 4.76. The van der Waals surface area contributed by atoms with Gasteiger partial charge in [0.05, 0.1) is 39.2 Å². The van der Waals surface area contributed by atoms with Crippen molar-refractivity contribution in [1.29, 1.82) is 0 Å². The highest BCUT2D eigenvalue weighted by atomic mass is 32.1. The number of unbranched alkanes of at least 4 members (excludes halogenated alkanes) is 6. The van der Waals surface area contributed by atoms with E-state index in [0.717, 1.165) is 125 Å². The Balaban J connectivity index is 0.664. The maximum atomic E-state index is 14.4. The molecule has 3 aromatic carbocycles. The van der Waals surface area contributed by atoms with Crippen molar-refractivity contribution in [2.24, 2.45) is 30.2 Å². The number of pyridine rings is 1. The molecule has 16 nitrogen and oxygen atoms in total. The van der Waals surface area contributed by atoms with Gasteiger partial charge >= 0.3 is 0 Å². The minimum atomic E-state index is -0.515. The van der Waals surface area contributed by atoms with Gasteiger partial charge in [-0.2, -0.15) is 10.2 Å². The molecular weight excluding hydrogens is 987 g/mol. The van der Waals surface area contributed by atoms with Gasteiger partial charge in [0.15, 0.2) is 5.13 Å². The molecule has 77 heavy (non-hydrogen) atoms. The number of aryl methyl sites for hydroxylation is 1. The summed E-state index contributed by atoms with van der Waals surface area (Å²) in [6, 6.07) is 23.5. The average Bonchev–Trinajstić information content (AvgIpc) is 4.31. The molecule has 4 aromatic heterocycles. The van der Waals surface area contributed by atoms with E-state index in [9.17, 15) is 24.0 Å². The van der Waals surface area contributed by atoms with E-state index in [0.29, 0.717) is 71.5 Å². The molecule has 0 spiro atoms. The maximum Gasteiger partial charge on any atom is 0.270 e. The Morgan fingerprint density at radius 1 is 0.818 bits per heavy atom. The molecule has 4 N–H and O–H groups in total. The molecule has 4 bridgehead atoms. The van der Waals surface area contributed by atoms with Gasteiger partial charge in [0.2, 0.25) is 17.7 Å². The largest absolute Gasteiger partial charge is 0.352 e. The van der Waals surface area contributed by atoms with Crippen LogP contribution < -0.4 is 26.2 Å². The number of nitrogens with one attached hydrogen (secondary N) is 4. The molecule has 4 saturated carbocycles. The van der Waals surface area contributed by atoms with E-state index in [4.69, 9.17) is 10.1 Å². The lowest BCUT2D eigenvalue weighted by Gasteiger charge is -2.33. The molecule has 5 amide bonds. The minimum absolute atomic E-state index is 0.0664. The molecular formula is C60H67N11O5S. The number of amides is 5. The molecule has 398 valence electrons. The number of rotatable bonds is 19. The fourth-order valence-corrected chi connectivity index (χ4v) is 14.8. The minimum Gasteiger partial charge on any atom is -0.352 e. The fourth-order valence-electron chi connectivity index (χ4n) is 14.0. The monoisotopic (exact) mass is 1050 g/mol. The quantitative estimate of drug-likeness (QED) is 0.0447. The van der Waals surface area contributed by atoms with Crippen LogP contribution in [0, 0.1) is 30.1 Å². The van der Waals surface area contributed by atoms with Crippen LogP contribution in [0.3, 0.4) is 0 Å². The van der Waals surface area contributed by atoms with Gasteiger partial charge in [-0.25, -0.2) is 9.97 Å². The highest BCUT2D eigenvalue weighted by Gasteiger charge is 2.57. The molecule has 7 aromatic rings. The van der Waals surface area contributed by atoms with E-state index < -0.39 is 5.92 Å². The Hall–Kier alpha value is -7.27. The summed E-state index contributed by atoms with van der Waals surface area (Å²) in [5.41, 5.74) is 9.05.